The van der Waals surface area contributed by atoms with Gasteiger partial charge in [-0.05, 0) is 31.4 Å². The van der Waals surface area contributed by atoms with E-state index in [9.17, 15) is 9.59 Å². The number of benzene rings is 1. The highest BCUT2D eigenvalue weighted by molar-refractivity contribution is 5.81. The van der Waals surface area contributed by atoms with Crippen molar-refractivity contribution in [3.8, 4) is 0 Å². The summed E-state index contributed by atoms with van der Waals surface area (Å²) >= 11 is 0. The van der Waals surface area contributed by atoms with E-state index in [1.807, 2.05) is 6.07 Å². The third-order valence-corrected chi connectivity index (χ3v) is 3.88. The second-order valence-electron chi connectivity index (χ2n) is 5.58. The quantitative estimate of drug-likeness (QED) is 0.931. The van der Waals surface area contributed by atoms with Crippen molar-refractivity contribution >= 4 is 16.8 Å². The zero-order valence-electron chi connectivity index (χ0n) is 12.5. The summed E-state index contributed by atoms with van der Waals surface area (Å²) in [5.41, 5.74) is 0.450. The van der Waals surface area contributed by atoms with Crippen molar-refractivity contribution in [2.45, 2.75) is 31.9 Å². The van der Waals surface area contributed by atoms with Gasteiger partial charge in [0.05, 0.1) is 17.4 Å². The summed E-state index contributed by atoms with van der Waals surface area (Å²) < 4.78 is 5.51. The lowest BCUT2D eigenvalue weighted by atomic mass is 10.1. The molecule has 1 fully saturated rings. The molecular weight excluding hydrogens is 282 g/mol. The molecule has 0 spiro atoms. The van der Waals surface area contributed by atoms with E-state index in [2.05, 4.69) is 9.97 Å². The number of rotatable bonds is 3. The van der Waals surface area contributed by atoms with Gasteiger partial charge >= 0.3 is 0 Å². The third kappa shape index (κ3) is 3.01. The second-order valence-corrected chi connectivity index (χ2v) is 5.58. The van der Waals surface area contributed by atoms with Gasteiger partial charge in [-0.25, -0.2) is 4.98 Å². The number of nitrogens with zero attached hydrogens (tertiary/aromatic N) is 2. The van der Waals surface area contributed by atoms with Crippen molar-refractivity contribution in [3.05, 3.63) is 40.4 Å². The first-order valence-corrected chi connectivity index (χ1v) is 7.49. The molecule has 0 aliphatic carbocycles. The Morgan fingerprint density at radius 2 is 2.23 bits per heavy atom. The minimum absolute atomic E-state index is 0.0597. The minimum Gasteiger partial charge on any atom is -0.368 e. The van der Waals surface area contributed by atoms with Crippen molar-refractivity contribution in [2.75, 3.05) is 13.7 Å². The molecule has 6 heteroatoms. The van der Waals surface area contributed by atoms with Crippen molar-refractivity contribution < 1.29 is 9.53 Å². The Hall–Kier alpha value is -2.21. The van der Waals surface area contributed by atoms with Gasteiger partial charge in [0.2, 0.25) is 0 Å². The molecule has 1 N–H and O–H groups in total. The lowest BCUT2D eigenvalue weighted by Crippen LogP contribution is -2.39. The molecule has 116 valence electrons. The van der Waals surface area contributed by atoms with Crippen LogP contribution in [0.2, 0.25) is 0 Å². The Bertz CT molecular complexity index is 735. The van der Waals surface area contributed by atoms with Gasteiger partial charge in [-0.15, -0.1) is 0 Å². The number of nitrogens with one attached hydrogen (secondary N) is 1. The minimum atomic E-state index is -0.370. The first kappa shape index (κ1) is 14.7. The summed E-state index contributed by atoms with van der Waals surface area (Å²) in [5.74, 6) is 0.422. The van der Waals surface area contributed by atoms with Crippen LogP contribution in [0.3, 0.4) is 0 Å². The van der Waals surface area contributed by atoms with Gasteiger partial charge in [0, 0.05) is 13.7 Å². The summed E-state index contributed by atoms with van der Waals surface area (Å²) in [5, 5.41) is 0.552. The van der Waals surface area contributed by atoms with Crippen LogP contribution in [0.4, 0.5) is 0 Å². The molecule has 22 heavy (non-hydrogen) atoms. The van der Waals surface area contributed by atoms with E-state index in [1.165, 1.54) is 0 Å². The maximum absolute atomic E-state index is 12.3. The van der Waals surface area contributed by atoms with Gasteiger partial charge in [-0.2, -0.15) is 0 Å². The summed E-state index contributed by atoms with van der Waals surface area (Å²) in [4.78, 5) is 33.1. The first-order chi connectivity index (χ1) is 10.6. The number of hydrogen-bond acceptors (Lipinski definition) is 4. The second kappa shape index (κ2) is 6.27. The van der Waals surface area contributed by atoms with E-state index in [0.29, 0.717) is 23.3 Å². The number of hydrogen-bond donors (Lipinski definition) is 1. The summed E-state index contributed by atoms with van der Waals surface area (Å²) in [6.45, 7) is 0.897. The number of ether oxygens (including phenoxy) is 1. The molecule has 1 amide bonds. The van der Waals surface area contributed by atoms with Crippen LogP contribution in [-0.4, -0.2) is 40.5 Å². The first-order valence-electron chi connectivity index (χ1n) is 7.49. The summed E-state index contributed by atoms with van der Waals surface area (Å²) in [7, 11) is 1.70. The molecule has 1 aromatic heterocycles. The SMILES string of the molecule is CN(Cc1nc2ccccc2c(=O)[nH]1)C(=O)[C@@H]1CCCCO1. The molecule has 1 aromatic carbocycles. The Labute approximate surface area is 128 Å². The molecule has 0 saturated carbocycles. The number of carbonyl (C=O) groups excluding carboxylic acids is 1. The Morgan fingerprint density at radius 1 is 1.41 bits per heavy atom. The normalized spacial score (nSPS) is 18.3. The smallest absolute Gasteiger partial charge is 0.258 e. The van der Waals surface area contributed by atoms with E-state index in [4.69, 9.17) is 4.74 Å². The maximum atomic E-state index is 12.3. The molecule has 1 atom stereocenters. The van der Waals surface area contributed by atoms with Crippen LogP contribution in [0.15, 0.2) is 29.1 Å². The van der Waals surface area contributed by atoms with Gasteiger partial charge in [0.15, 0.2) is 0 Å². The zero-order chi connectivity index (χ0) is 15.5. The van der Waals surface area contributed by atoms with Crippen LogP contribution in [0.1, 0.15) is 25.1 Å². The molecule has 1 aliphatic heterocycles. The van der Waals surface area contributed by atoms with Crippen LogP contribution in [-0.2, 0) is 16.1 Å². The highest BCUT2D eigenvalue weighted by Crippen LogP contribution is 2.15. The molecule has 1 saturated heterocycles. The third-order valence-electron chi connectivity index (χ3n) is 3.88. The number of amides is 1. The van der Waals surface area contributed by atoms with Crippen LogP contribution >= 0.6 is 0 Å². The summed E-state index contributed by atoms with van der Waals surface area (Å²) in [6, 6.07) is 7.16. The zero-order valence-corrected chi connectivity index (χ0v) is 12.5. The molecule has 1 aliphatic rings. The lowest BCUT2D eigenvalue weighted by molar-refractivity contribution is -0.145. The van der Waals surface area contributed by atoms with Gasteiger partial charge < -0.3 is 14.6 Å². The van der Waals surface area contributed by atoms with Crippen molar-refractivity contribution in [2.24, 2.45) is 0 Å². The molecule has 2 heterocycles. The number of para-hydroxylation sites is 1. The van der Waals surface area contributed by atoms with Gasteiger partial charge in [-0.1, -0.05) is 12.1 Å². The van der Waals surface area contributed by atoms with Gasteiger partial charge in [-0.3, -0.25) is 9.59 Å². The monoisotopic (exact) mass is 301 g/mol. The van der Waals surface area contributed by atoms with Crippen molar-refractivity contribution in [3.63, 3.8) is 0 Å². The number of likely N-dealkylation sites (N-methyl/N-ethyl adjacent to an activating group) is 1. The molecule has 0 unspecified atom stereocenters. The van der Waals surface area contributed by atoms with Crippen LogP contribution < -0.4 is 5.56 Å². The average molecular weight is 301 g/mol. The van der Waals surface area contributed by atoms with Gasteiger partial charge in [0.1, 0.15) is 11.9 Å². The average Bonchev–Trinajstić information content (AvgIpc) is 2.55. The van der Waals surface area contributed by atoms with E-state index < -0.39 is 0 Å². The number of aromatic amines is 1. The fourth-order valence-electron chi connectivity index (χ4n) is 2.69. The van der Waals surface area contributed by atoms with E-state index in [1.54, 1.807) is 30.1 Å². The van der Waals surface area contributed by atoms with E-state index >= 15 is 0 Å². The standard InChI is InChI=1S/C16H19N3O3/c1-19(16(21)13-8-4-5-9-22-13)10-14-17-12-7-3-2-6-11(12)15(20)18-14/h2-3,6-7,13H,4-5,8-10H2,1H3,(H,17,18,20)/t13-/m0/s1. The Kier molecular flexibility index (Phi) is 4.20. The molecule has 0 radical (unpaired) electrons. The Balaban J connectivity index is 1.77. The van der Waals surface area contributed by atoms with Crippen LogP contribution in [0, 0.1) is 0 Å². The molecule has 6 nitrogen and oxygen atoms in total. The van der Waals surface area contributed by atoms with Crippen molar-refractivity contribution in [1.82, 2.24) is 14.9 Å². The summed E-state index contributed by atoms with van der Waals surface area (Å²) in [6.07, 6.45) is 2.40. The maximum Gasteiger partial charge on any atom is 0.258 e. The lowest BCUT2D eigenvalue weighted by Gasteiger charge is -2.26. The Morgan fingerprint density at radius 3 is 3.00 bits per heavy atom. The number of fused-ring (bicyclic) bond motifs is 1. The number of H-pyrrole nitrogens is 1. The fourth-order valence-corrected chi connectivity index (χ4v) is 2.69. The van der Waals surface area contributed by atoms with Gasteiger partial charge in [0.25, 0.3) is 11.5 Å². The highest BCUT2D eigenvalue weighted by atomic mass is 16.5. The van der Waals surface area contributed by atoms with Crippen molar-refractivity contribution in [1.29, 1.82) is 0 Å². The number of carbonyl (C=O) groups is 1. The molecule has 2 aromatic rings. The topological polar surface area (TPSA) is 75.3 Å². The number of aromatic nitrogens is 2. The predicted molar refractivity (Wildman–Crippen MR) is 82.4 cm³/mol. The molecular formula is C16H19N3O3. The van der Waals surface area contributed by atoms with E-state index in [0.717, 1.165) is 19.3 Å². The van der Waals surface area contributed by atoms with Crippen LogP contribution in [0.5, 0.6) is 0 Å². The van der Waals surface area contributed by atoms with E-state index in [-0.39, 0.29) is 24.1 Å². The largest absolute Gasteiger partial charge is 0.368 e. The predicted octanol–water partition coefficient (Wildman–Crippen LogP) is 1.45. The highest BCUT2D eigenvalue weighted by Gasteiger charge is 2.25. The molecule has 0 bridgehead atoms. The molecule has 3 rings (SSSR count). The fraction of sp³-hybridized carbons (Fsp3) is 0.438. The van der Waals surface area contributed by atoms with Crippen LogP contribution in [0.25, 0.3) is 10.9 Å².